The van der Waals surface area contributed by atoms with Gasteiger partial charge >= 0.3 is 0 Å². The van der Waals surface area contributed by atoms with E-state index in [1.54, 1.807) is 6.20 Å². The summed E-state index contributed by atoms with van der Waals surface area (Å²) in [5, 5.41) is 3.35. The molecule has 1 fully saturated rings. The predicted molar refractivity (Wildman–Crippen MR) is 80.5 cm³/mol. The highest BCUT2D eigenvalue weighted by atomic mass is 19.1. The molecule has 110 valence electrons. The molecule has 2 heterocycles. The zero-order valence-electron chi connectivity index (χ0n) is 11.9. The smallest absolute Gasteiger partial charge is 0.129 e. The molecule has 2 aromatic rings. The minimum atomic E-state index is -0.192. The van der Waals surface area contributed by atoms with E-state index in [-0.39, 0.29) is 11.9 Å². The molecule has 1 atom stereocenters. The minimum absolute atomic E-state index is 0.192. The molecule has 1 aliphatic heterocycles. The largest absolute Gasteiger partial charge is 0.368 e. The highest BCUT2D eigenvalue weighted by Crippen LogP contribution is 2.25. The van der Waals surface area contributed by atoms with E-state index in [4.69, 9.17) is 0 Å². The average Bonchev–Trinajstić information content (AvgIpc) is 3.04. The molecule has 1 N–H and O–H groups in total. The molecule has 1 aromatic carbocycles. The van der Waals surface area contributed by atoms with Crippen LogP contribution in [0.1, 0.15) is 24.4 Å². The lowest BCUT2D eigenvalue weighted by Gasteiger charge is -2.28. The van der Waals surface area contributed by atoms with Crippen molar-refractivity contribution in [3.8, 4) is 0 Å². The van der Waals surface area contributed by atoms with Gasteiger partial charge < -0.3 is 5.32 Å². The van der Waals surface area contributed by atoms with Crippen molar-refractivity contribution in [2.45, 2.75) is 18.9 Å². The molecular weight excluding hydrogens is 267 g/mol. The van der Waals surface area contributed by atoms with Crippen LogP contribution in [0.2, 0.25) is 0 Å². The van der Waals surface area contributed by atoms with E-state index in [2.05, 4.69) is 20.2 Å². The van der Waals surface area contributed by atoms with Gasteiger partial charge in [0.1, 0.15) is 18.0 Å². The molecule has 0 aliphatic carbocycles. The number of nitrogens with one attached hydrogen (secondary N) is 1. The predicted octanol–water partition coefficient (Wildman–Crippen LogP) is 2.86. The first-order valence-electron chi connectivity index (χ1n) is 7.32. The van der Waals surface area contributed by atoms with Crippen LogP contribution in [0.3, 0.4) is 0 Å². The molecule has 3 rings (SSSR count). The van der Waals surface area contributed by atoms with Crippen LogP contribution in [0, 0.1) is 5.82 Å². The fraction of sp³-hybridized carbons (Fsp3) is 0.375. The third kappa shape index (κ3) is 3.55. The van der Waals surface area contributed by atoms with Crippen LogP contribution in [0.5, 0.6) is 0 Å². The summed E-state index contributed by atoms with van der Waals surface area (Å²) in [5.74, 6) is 0.624. The summed E-state index contributed by atoms with van der Waals surface area (Å²) in [6.07, 6.45) is 5.71. The standard InChI is InChI=1S/C16H19FN4/c17-14-5-3-13(4-6-14)15(21-9-1-2-10-21)11-19-16-7-8-18-12-20-16/h3-8,12,15H,1-2,9-11H2,(H,18,19,20)/t15-/m0/s1. The van der Waals surface area contributed by atoms with Crippen molar-refractivity contribution in [1.82, 2.24) is 14.9 Å². The second-order valence-corrected chi connectivity index (χ2v) is 5.29. The Morgan fingerprint density at radius 3 is 2.57 bits per heavy atom. The van der Waals surface area contributed by atoms with Crippen LogP contribution in [-0.2, 0) is 0 Å². The van der Waals surface area contributed by atoms with E-state index in [9.17, 15) is 4.39 Å². The zero-order valence-corrected chi connectivity index (χ0v) is 11.9. The van der Waals surface area contributed by atoms with Gasteiger partial charge in [-0.3, -0.25) is 4.90 Å². The third-order valence-electron chi connectivity index (χ3n) is 3.89. The number of hydrogen-bond donors (Lipinski definition) is 1. The molecule has 0 amide bonds. The van der Waals surface area contributed by atoms with Crippen molar-refractivity contribution >= 4 is 5.82 Å². The van der Waals surface area contributed by atoms with Crippen molar-refractivity contribution < 1.29 is 4.39 Å². The lowest BCUT2D eigenvalue weighted by atomic mass is 10.1. The van der Waals surface area contributed by atoms with Crippen molar-refractivity contribution in [3.63, 3.8) is 0 Å². The molecule has 0 spiro atoms. The number of anilines is 1. The second kappa shape index (κ2) is 6.63. The zero-order chi connectivity index (χ0) is 14.5. The maximum atomic E-state index is 13.1. The molecule has 1 saturated heterocycles. The van der Waals surface area contributed by atoms with Gasteiger partial charge in [-0.15, -0.1) is 0 Å². The van der Waals surface area contributed by atoms with Crippen molar-refractivity contribution in [1.29, 1.82) is 0 Å². The number of aromatic nitrogens is 2. The quantitative estimate of drug-likeness (QED) is 0.917. The first-order chi connectivity index (χ1) is 10.3. The Labute approximate surface area is 124 Å². The topological polar surface area (TPSA) is 41.1 Å². The molecule has 5 heteroatoms. The number of benzene rings is 1. The van der Waals surface area contributed by atoms with Gasteiger partial charge in [0.2, 0.25) is 0 Å². The lowest BCUT2D eigenvalue weighted by Crippen LogP contribution is -2.31. The summed E-state index contributed by atoms with van der Waals surface area (Å²) in [4.78, 5) is 10.5. The SMILES string of the molecule is Fc1ccc([C@H](CNc2ccncn2)N2CCCC2)cc1. The van der Waals surface area contributed by atoms with Gasteiger partial charge in [0, 0.05) is 12.7 Å². The molecule has 21 heavy (non-hydrogen) atoms. The van der Waals surface area contributed by atoms with Gasteiger partial charge in [-0.25, -0.2) is 14.4 Å². The normalized spacial score (nSPS) is 16.8. The highest BCUT2D eigenvalue weighted by molar-refractivity contribution is 5.33. The van der Waals surface area contributed by atoms with Crippen molar-refractivity contribution in [3.05, 3.63) is 54.2 Å². The summed E-state index contributed by atoms with van der Waals surface area (Å²) in [5.41, 5.74) is 1.14. The Hall–Kier alpha value is -2.01. The first-order valence-corrected chi connectivity index (χ1v) is 7.32. The van der Waals surface area contributed by atoms with Gasteiger partial charge in [-0.1, -0.05) is 12.1 Å². The van der Waals surface area contributed by atoms with E-state index >= 15 is 0 Å². The van der Waals surface area contributed by atoms with Crippen molar-refractivity contribution in [2.24, 2.45) is 0 Å². The Morgan fingerprint density at radius 2 is 1.90 bits per heavy atom. The molecule has 0 saturated carbocycles. The third-order valence-corrected chi connectivity index (χ3v) is 3.89. The van der Waals surface area contributed by atoms with Crippen LogP contribution in [0.25, 0.3) is 0 Å². The summed E-state index contributed by atoms with van der Waals surface area (Å²) < 4.78 is 13.1. The maximum absolute atomic E-state index is 13.1. The van der Waals surface area contributed by atoms with Crippen LogP contribution in [0.15, 0.2) is 42.9 Å². The van der Waals surface area contributed by atoms with Crippen LogP contribution in [-0.4, -0.2) is 34.5 Å². The summed E-state index contributed by atoms with van der Waals surface area (Å²) in [6, 6.07) is 8.90. The van der Waals surface area contributed by atoms with E-state index < -0.39 is 0 Å². The minimum Gasteiger partial charge on any atom is -0.368 e. The van der Waals surface area contributed by atoms with Gasteiger partial charge in [0.05, 0.1) is 6.04 Å². The number of likely N-dealkylation sites (tertiary alicyclic amines) is 1. The molecule has 0 unspecified atom stereocenters. The summed E-state index contributed by atoms with van der Waals surface area (Å²) >= 11 is 0. The number of nitrogens with zero attached hydrogens (tertiary/aromatic N) is 3. The number of rotatable bonds is 5. The molecular formula is C16H19FN4. The molecule has 4 nitrogen and oxygen atoms in total. The molecule has 0 radical (unpaired) electrons. The van der Waals surface area contributed by atoms with E-state index in [1.165, 1.54) is 31.3 Å². The summed E-state index contributed by atoms with van der Waals surface area (Å²) in [7, 11) is 0. The Morgan fingerprint density at radius 1 is 1.14 bits per heavy atom. The molecule has 1 aromatic heterocycles. The second-order valence-electron chi connectivity index (χ2n) is 5.29. The van der Waals surface area contributed by atoms with E-state index in [0.29, 0.717) is 0 Å². The number of hydrogen-bond acceptors (Lipinski definition) is 4. The summed E-state index contributed by atoms with van der Waals surface area (Å²) in [6.45, 7) is 2.93. The highest BCUT2D eigenvalue weighted by Gasteiger charge is 2.23. The Kier molecular flexibility index (Phi) is 4.40. The number of halogens is 1. The Balaban J connectivity index is 1.74. The fourth-order valence-corrected chi connectivity index (χ4v) is 2.79. The molecule has 1 aliphatic rings. The first kappa shape index (κ1) is 13.9. The van der Waals surface area contributed by atoms with Crippen LogP contribution < -0.4 is 5.32 Å². The van der Waals surface area contributed by atoms with Crippen LogP contribution in [0.4, 0.5) is 10.2 Å². The van der Waals surface area contributed by atoms with Gasteiger partial charge in [-0.05, 0) is 49.7 Å². The van der Waals surface area contributed by atoms with E-state index in [1.807, 2.05) is 18.2 Å². The fourth-order valence-electron chi connectivity index (χ4n) is 2.79. The maximum Gasteiger partial charge on any atom is 0.129 e. The monoisotopic (exact) mass is 286 g/mol. The van der Waals surface area contributed by atoms with Crippen molar-refractivity contribution in [2.75, 3.05) is 25.0 Å². The van der Waals surface area contributed by atoms with Gasteiger partial charge in [0.25, 0.3) is 0 Å². The van der Waals surface area contributed by atoms with Gasteiger partial charge in [-0.2, -0.15) is 0 Å². The average molecular weight is 286 g/mol. The Bertz CT molecular complexity index is 552. The molecule has 0 bridgehead atoms. The van der Waals surface area contributed by atoms with Gasteiger partial charge in [0.15, 0.2) is 0 Å². The van der Waals surface area contributed by atoms with E-state index in [0.717, 1.165) is 31.0 Å². The van der Waals surface area contributed by atoms with Crippen LogP contribution >= 0.6 is 0 Å². The lowest BCUT2D eigenvalue weighted by molar-refractivity contribution is 0.255.